The number of hydrogen-bond acceptors (Lipinski definition) is 1. The fourth-order valence-corrected chi connectivity index (χ4v) is 2.96. The largest absolute Gasteiger partial charge is 0.325 e. The number of rotatable bonds is 3. The molecule has 3 rings (SSSR count). The van der Waals surface area contributed by atoms with Gasteiger partial charge in [0.15, 0.2) is 0 Å². The highest BCUT2D eigenvalue weighted by molar-refractivity contribution is 9.10. The van der Waals surface area contributed by atoms with Crippen LogP contribution >= 0.6 is 27.5 Å². The summed E-state index contributed by atoms with van der Waals surface area (Å²) in [5.74, 6) is 0.0397. The summed E-state index contributed by atoms with van der Waals surface area (Å²) in [4.78, 5) is 12.6. The molecule has 0 unspecified atom stereocenters. The van der Waals surface area contributed by atoms with E-state index in [0.717, 1.165) is 28.6 Å². The summed E-state index contributed by atoms with van der Waals surface area (Å²) < 4.78 is 0.947. The van der Waals surface area contributed by atoms with E-state index in [0.29, 0.717) is 5.02 Å². The quantitative estimate of drug-likeness (QED) is 0.848. The van der Waals surface area contributed by atoms with Crippen LogP contribution in [0.25, 0.3) is 0 Å². The predicted octanol–water partition coefficient (Wildman–Crippen LogP) is 4.77. The van der Waals surface area contributed by atoms with Gasteiger partial charge in [-0.2, -0.15) is 0 Å². The Labute approximate surface area is 131 Å². The molecule has 2 nitrogen and oxygen atoms in total. The molecular formula is C16H13BrClNO. The first kappa shape index (κ1) is 13.7. The zero-order valence-corrected chi connectivity index (χ0v) is 13.0. The first-order chi connectivity index (χ1) is 9.60. The number of carbonyl (C=O) groups is 1. The van der Waals surface area contributed by atoms with Gasteiger partial charge in [-0.1, -0.05) is 45.7 Å². The minimum atomic E-state index is -0.410. The number of carbonyl (C=O) groups excluding carboxylic acids is 1. The van der Waals surface area contributed by atoms with E-state index in [2.05, 4.69) is 21.2 Å². The Bertz CT molecular complexity index is 667. The summed E-state index contributed by atoms with van der Waals surface area (Å²) in [5.41, 5.74) is 1.39. The van der Waals surface area contributed by atoms with Crippen molar-refractivity contribution < 1.29 is 4.79 Å². The Hall–Kier alpha value is -1.32. The van der Waals surface area contributed by atoms with Crippen LogP contribution in [0.5, 0.6) is 0 Å². The molecule has 2 aromatic carbocycles. The molecule has 0 saturated heterocycles. The molecule has 102 valence electrons. The second-order valence-electron chi connectivity index (χ2n) is 5.06. The normalized spacial score (nSPS) is 15.7. The van der Waals surface area contributed by atoms with E-state index in [4.69, 9.17) is 11.6 Å². The number of amides is 1. The van der Waals surface area contributed by atoms with Crippen molar-refractivity contribution in [3.05, 3.63) is 63.6 Å². The Morgan fingerprint density at radius 2 is 1.90 bits per heavy atom. The molecule has 0 aromatic heterocycles. The molecule has 0 spiro atoms. The second-order valence-corrected chi connectivity index (χ2v) is 6.41. The molecule has 1 aliphatic carbocycles. The third-order valence-corrected chi connectivity index (χ3v) is 4.37. The lowest BCUT2D eigenvalue weighted by Gasteiger charge is -2.16. The molecule has 0 aliphatic heterocycles. The first-order valence-corrected chi connectivity index (χ1v) is 7.60. The molecule has 2 aromatic rings. The summed E-state index contributed by atoms with van der Waals surface area (Å²) in [6, 6.07) is 15.2. The van der Waals surface area contributed by atoms with Crippen LogP contribution < -0.4 is 5.32 Å². The van der Waals surface area contributed by atoms with Crippen molar-refractivity contribution in [2.45, 2.75) is 18.3 Å². The van der Waals surface area contributed by atoms with Gasteiger partial charge in [0.1, 0.15) is 0 Å². The van der Waals surface area contributed by atoms with Crippen LogP contribution in [-0.2, 0) is 10.2 Å². The van der Waals surface area contributed by atoms with E-state index < -0.39 is 5.41 Å². The average molecular weight is 351 g/mol. The molecule has 20 heavy (non-hydrogen) atoms. The summed E-state index contributed by atoms with van der Waals surface area (Å²) in [5, 5.41) is 3.66. The van der Waals surface area contributed by atoms with Crippen molar-refractivity contribution in [3.8, 4) is 0 Å². The summed E-state index contributed by atoms with van der Waals surface area (Å²) >= 11 is 9.43. The second kappa shape index (κ2) is 5.23. The Kier molecular flexibility index (Phi) is 3.57. The molecule has 4 heteroatoms. The van der Waals surface area contributed by atoms with Gasteiger partial charge in [0.2, 0.25) is 5.91 Å². The molecule has 0 radical (unpaired) electrons. The van der Waals surface area contributed by atoms with E-state index in [1.807, 2.05) is 48.5 Å². The zero-order valence-electron chi connectivity index (χ0n) is 10.7. The van der Waals surface area contributed by atoms with Gasteiger partial charge < -0.3 is 5.32 Å². The van der Waals surface area contributed by atoms with Crippen LogP contribution in [0, 0.1) is 0 Å². The SMILES string of the molecule is O=C(Nc1cccc(Br)c1)C1(c2cccc(Cl)c2)CC1. The average Bonchev–Trinajstić information content (AvgIpc) is 3.20. The highest BCUT2D eigenvalue weighted by Crippen LogP contribution is 2.49. The molecule has 1 aliphatic rings. The molecule has 1 fully saturated rings. The molecule has 1 N–H and O–H groups in total. The zero-order chi connectivity index (χ0) is 14.2. The number of nitrogens with one attached hydrogen (secondary N) is 1. The van der Waals surface area contributed by atoms with Gasteiger partial charge in [-0.05, 0) is 48.7 Å². The maximum Gasteiger partial charge on any atom is 0.235 e. The number of anilines is 1. The smallest absolute Gasteiger partial charge is 0.235 e. The maximum absolute atomic E-state index is 12.6. The van der Waals surface area contributed by atoms with Crippen molar-refractivity contribution in [2.75, 3.05) is 5.32 Å². The number of hydrogen-bond donors (Lipinski definition) is 1. The van der Waals surface area contributed by atoms with Gasteiger partial charge in [0, 0.05) is 15.2 Å². The van der Waals surface area contributed by atoms with E-state index in [1.54, 1.807) is 0 Å². The first-order valence-electron chi connectivity index (χ1n) is 6.43. The lowest BCUT2D eigenvalue weighted by molar-refractivity contribution is -0.118. The lowest BCUT2D eigenvalue weighted by Crippen LogP contribution is -2.27. The van der Waals surface area contributed by atoms with Gasteiger partial charge in [-0.15, -0.1) is 0 Å². The van der Waals surface area contributed by atoms with E-state index in [9.17, 15) is 4.79 Å². The molecule has 1 saturated carbocycles. The molecule has 0 heterocycles. The lowest BCUT2D eigenvalue weighted by atomic mass is 9.95. The third-order valence-electron chi connectivity index (χ3n) is 3.64. The van der Waals surface area contributed by atoms with Crippen molar-refractivity contribution in [2.24, 2.45) is 0 Å². The van der Waals surface area contributed by atoms with Gasteiger partial charge in [-0.3, -0.25) is 4.79 Å². The van der Waals surface area contributed by atoms with Crippen LogP contribution in [-0.4, -0.2) is 5.91 Å². The predicted molar refractivity (Wildman–Crippen MR) is 85.1 cm³/mol. The minimum absolute atomic E-state index is 0.0397. The minimum Gasteiger partial charge on any atom is -0.325 e. The number of halogens is 2. The van der Waals surface area contributed by atoms with Gasteiger partial charge >= 0.3 is 0 Å². The maximum atomic E-state index is 12.6. The Balaban J connectivity index is 1.83. The molecule has 0 atom stereocenters. The molecular weight excluding hydrogens is 338 g/mol. The van der Waals surface area contributed by atoms with Crippen LogP contribution in [0.4, 0.5) is 5.69 Å². The van der Waals surface area contributed by atoms with E-state index >= 15 is 0 Å². The molecule has 1 amide bonds. The fraction of sp³-hybridized carbons (Fsp3) is 0.188. The highest BCUT2D eigenvalue weighted by atomic mass is 79.9. The van der Waals surface area contributed by atoms with Crippen molar-refractivity contribution in [1.82, 2.24) is 0 Å². The van der Waals surface area contributed by atoms with Crippen molar-refractivity contribution >= 4 is 39.1 Å². The fourth-order valence-electron chi connectivity index (χ4n) is 2.37. The highest BCUT2D eigenvalue weighted by Gasteiger charge is 2.51. The summed E-state index contributed by atoms with van der Waals surface area (Å²) in [6.07, 6.45) is 1.74. The van der Waals surface area contributed by atoms with Crippen molar-refractivity contribution in [1.29, 1.82) is 0 Å². The topological polar surface area (TPSA) is 29.1 Å². The van der Waals surface area contributed by atoms with E-state index in [-0.39, 0.29) is 5.91 Å². The molecule has 0 bridgehead atoms. The van der Waals surface area contributed by atoms with Gasteiger partial charge in [0.25, 0.3) is 0 Å². The Morgan fingerprint density at radius 1 is 1.15 bits per heavy atom. The van der Waals surface area contributed by atoms with Crippen molar-refractivity contribution in [3.63, 3.8) is 0 Å². The van der Waals surface area contributed by atoms with Crippen LogP contribution in [0.1, 0.15) is 18.4 Å². The van der Waals surface area contributed by atoms with Gasteiger partial charge in [0.05, 0.1) is 5.41 Å². The van der Waals surface area contributed by atoms with Crippen LogP contribution in [0.3, 0.4) is 0 Å². The van der Waals surface area contributed by atoms with Crippen LogP contribution in [0.15, 0.2) is 53.0 Å². The third kappa shape index (κ3) is 2.60. The Morgan fingerprint density at radius 3 is 2.55 bits per heavy atom. The van der Waals surface area contributed by atoms with Gasteiger partial charge in [-0.25, -0.2) is 0 Å². The standard InChI is InChI=1S/C16H13BrClNO/c17-12-4-2-6-14(10-12)19-15(20)16(7-8-16)11-3-1-5-13(18)9-11/h1-6,9-10H,7-8H2,(H,19,20). The summed E-state index contributed by atoms with van der Waals surface area (Å²) in [7, 11) is 0. The van der Waals surface area contributed by atoms with Crippen LogP contribution in [0.2, 0.25) is 5.02 Å². The monoisotopic (exact) mass is 349 g/mol. The summed E-state index contributed by atoms with van der Waals surface area (Å²) in [6.45, 7) is 0. The van der Waals surface area contributed by atoms with E-state index in [1.165, 1.54) is 0 Å². The number of benzene rings is 2.